The molecule has 1 unspecified atom stereocenters. The lowest BCUT2D eigenvalue weighted by Crippen LogP contribution is -2.32. The van der Waals surface area contributed by atoms with Crippen molar-refractivity contribution in [2.45, 2.75) is 19.9 Å². The van der Waals surface area contributed by atoms with Crippen molar-refractivity contribution >= 4 is 17.3 Å². The molecule has 21 heavy (non-hydrogen) atoms. The van der Waals surface area contributed by atoms with Gasteiger partial charge in [0.1, 0.15) is 0 Å². The molecule has 5 N–H and O–H groups in total. The molecule has 0 heterocycles. The molecule has 0 saturated carbocycles. The van der Waals surface area contributed by atoms with Crippen molar-refractivity contribution in [3.63, 3.8) is 0 Å². The first kappa shape index (κ1) is 14.9. The summed E-state index contributed by atoms with van der Waals surface area (Å²) in [5.74, 6) is 0.0846. The maximum Gasteiger partial charge on any atom is 0.253 e. The van der Waals surface area contributed by atoms with Crippen molar-refractivity contribution in [1.82, 2.24) is 5.32 Å². The van der Waals surface area contributed by atoms with E-state index in [9.17, 15) is 4.79 Å². The van der Waals surface area contributed by atoms with Gasteiger partial charge < -0.3 is 16.8 Å². The zero-order valence-electron chi connectivity index (χ0n) is 12.3. The Hall–Kier alpha value is -2.49. The summed E-state index contributed by atoms with van der Waals surface area (Å²) < 4.78 is 0. The smallest absolute Gasteiger partial charge is 0.253 e. The molecule has 2 aromatic rings. The predicted octanol–water partition coefficient (Wildman–Crippen LogP) is 2.98. The summed E-state index contributed by atoms with van der Waals surface area (Å²) in [6, 6.07) is 14.8. The van der Waals surface area contributed by atoms with Crippen LogP contribution in [0.3, 0.4) is 0 Å². The molecule has 110 valence electrons. The molecule has 0 saturated heterocycles. The van der Waals surface area contributed by atoms with E-state index < -0.39 is 0 Å². The third-order valence-corrected chi connectivity index (χ3v) is 3.43. The van der Waals surface area contributed by atoms with Crippen LogP contribution in [-0.4, -0.2) is 5.91 Å². The molecule has 0 aliphatic heterocycles. The SMILES string of the molecule is CC(C)C(NC(=O)c1ccc(N)cc1N)c1ccccc1. The second-order valence-corrected chi connectivity index (χ2v) is 5.45. The van der Waals surface area contributed by atoms with Gasteiger partial charge in [-0.15, -0.1) is 0 Å². The van der Waals surface area contributed by atoms with Crippen LogP contribution < -0.4 is 16.8 Å². The number of amides is 1. The summed E-state index contributed by atoms with van der Waals surface area (Å²) in [6.07, 6.45) is 0. The summed E-state index contributed by atoms with van der Waals surface area (Å²) in [5.41, 5.74) is 14.0. The molecule has 4 nitrogen and oxygen atoms in total. The number of rotatable bonds is 4. The molecule has 0 fully saturated rings. The minimum atomic E-state index is -0.185. The molecule has 1 amide bonds. The average Bonchev–Trinajstić information content (AvgIpc) is 2.45. The molecule has 0 aliphatic carbocycles. The number of nitrogens with one attached hydrogen (secondary N) is 1. The Kier molecular flexibility index (Phi) is 4.48. The monoisotopic (exact) mass is 283 g/mol. The number of nitrogen functional groups attached to an aromatic ring is 2. The summed E-state index contributed by atoms with van der Waals surface area (Å²) in [4.78, 5) is 12.4. The van der Waals surface area contributed by atoms with Crippen LogP contribution in [0.5, 0.6) is 0 Å². The van der Waals surface area contributed by atoms with Gasteiger partial charge in [0.2, 0.25) is 0 Å². The largest absolute Gasteiger partial charge is 0.399 e. The van der Waals surface area contributed by atoms with E-state index in [1.165, 1.54) is 0 Å². The van der Waals surface area contributed by atoms with Gasteiger partial charge in [-0.1, -0.05) is 44.2 Å². The van der Waals surface area contributed by atoms with E-state index in [0.717, 1.165) is 5.56 Å². The molecular weight excluding hydrogens is 262 g/mol. The number of carbonyl (C=O) groups is 1. The van der Waals surface area contributed by atoms with Gasteiger partial charge in [-0.3, -0.25) is 4.79 Å². The Labute approximate surface area is 125 Å². The Morgan fingerprint density at radius 3 is 2.29 bits per heavy atom. The molecule has 0 aliphatic rings. The van der Waals surface area contributed by atoms with E-state index >= 15 is 0 Å². The van der Waals surface area contributed by atoms with Crippen molar-refractivity contribution in [3.8, 4) is 0 Å². The molecule has 2 rings (SSSR count). The molecular formula is C17H21N3O. The zero-order valence-corrected chi connectivity index (χ0v) is 12.3. The Bertz CT molecular complexity index is 623. The van der Waals surface area contributed by atoms with Crippen LogP contribution >= 0.6 is 0 Å². The van der Waals surface area contributed by atoms with Crippen molar-refractivity contribution in [3.05, 3.63) is 59.7 Å². The Morgan fingerprint density at radius 1 is 1.05 bits per heavy atom. The molecule has 4 heteroatoms. The fourth-order valence-corrected chi connectivity index (χ4v) is 2.30. The van der Waals surface area contributed by atoms with Crippen LogP contribution in [0.4, 0.5) is 11.4 Å². The maximum absolute atomic E-state index is 12.4. The maximum atomic E-state index is 12.4. The number of carbonyl (C=O) groups excluding carboxylic acids is 1. The number of hydrogen-bond acceptors (Lipinski definition) is 3. The molecule has 0 aromatic heterocycles. The molecule has 2 aromatic carbocycles. The highest BCUT2D eigenvalue weighted by Gasteiger charge is 2.20. The van der Waals surface area contributed by atoms with Gasteiger partial charge in [-0.2, -0.15) is 0 Å². The molecule has 0 radical (unpaired) electrons. The van der Waals surface area contributed by atoms with Crippen LogP contribution in [0.25, 0.3) is 0 Å². The van der Waals surface area contributed by atoms with Crippen LogP contribution in [-0.2, 0) is 0 Å². The number of anilines is 2. The lowest BCUT2D eigenvalue weighted by molar-refractivity contribution is 0.0926. The van der Waals surface area contributed by atoms with Crippen LogP contribution in [0.1, 0.15) is 35.8 Å². The fourth-order valence-electron chi connectivity index (χ4n) is 2.30. The van der Waals surface area contributed by atoms with Gasteiger partial charge in [0.05, 0.1) is 11.6 Å². The Morgan fingerprint density at radius 2 is 1.71 bits per heavy atom. The summed E-state index contributed by atoms with van der Waals surface area (Å²) in [7, 11) is 0. The number of nitrogens with two attached hydrogens (primary N) is 2. The standard InChI is InChI=1S/C17H21N3O/c1-11(2)16(12-6-4-3-5-7-12)20-17(21)14-9-8-13(18)10-15(14)19/h3-11,16H,18-19H2,1-2H3,(H,20,21). The predicted molar refractivity (Wildman–Crippen MR) is 86.8 cm³/mol. The van der Waals surface area contributed by atoms with Crippen molar-refractivity contribution in [2.75, 3.05) is 11.5 Å². The minimum Gasteiger partial charge on any atom is -0.399 e. The highest BCUT2D eigenvalue weighted by molar-refractivity contribution is 5.99. The van der Waals surface area contributed by atoms with Crippen LogP contribution in [0.2, 0.25) is 0 Å². The van der Waals surface area contributed by atoms with E-state index in [1.54, 1.807) is 18.2 Å². The quantitative estimate of drug-likeness (QED) is 0.754. The van der Waals surface area contributed by atoms with E-state index in [-0.39, 0.29) is 17.9 Å². The van der Waals surface area contributed by atoms with E-state index in [2.05, 4.69) is 19.2 Å². The van der Waals surface area contributed by atoms with Gasteiger partial charge in [0.25, 0.3) is 5.91 Å². The van der Waals surface area contributed by atoms with E-state index in [0.29, 0.717) is 16.9 Å². The van der Waals surface area contributed by atoms with Crippen molar-refractivity contribution < 1.29 is 4.79 Å². The van der Waals surface area contributed by atoms with E-state index in [4.69, 9.17) is 11.5 Å². The lowest BCUT2D eigenvalue weighted by Gasteiger charge is -2.23. The Balaban J connectivity index is 2.23. The number of hydrogen-bond donors (Lipinski definition) is 3. The van der Waals surface area contributed by atoms with E-state index in [1.807, 2.05) is 30.3 Å². The van der Waals surface area contributed by atoms with Gasteiger partial charge in [-0.25, -0.2) is 0 Å². The molecule has 0 bridgehead atoms. The van der Waals surface area contributed by atoms with Crippen molar-refractivity contribution in [2.24, 2.45) is 5.92 Å². The van der Waals surface area contributed by atoms with Gasteiger partial charge in [-0.05, 0) is 29.7 Å². The first-order chi connectivity index (χ1) is 9.99. The summed E-state index contributed by atoms with van der Waals surface area (Å²) in [5, 5.41) is 3.05. The van der Waals surface area contributed by atoms with Gasteiger partial charge in [0, 0.05) is 11.4 Å². The first-order valence-electron chi connectivity index (χ1n) is 7.00. The second kappa shape index (κ2) is 6.31. The van der Waals surface area contributed by atoms with Crippen LogP contribution in [0, 0.1) is 5.92 Å². The second-order valence-electron chi connectivity index (χ2n) is 5.45. The lowest BCUT2D eigenvalue weighted by atomic mass is 9.95. The normalized spacial score (nSPS) is 12.1. The highest BCUT2D eigenvalue weighted by Crippen LogP contribution is 2.23. The number of benzene rings is 2. The first-order valence-corrected chi connectivity index (χ1v) is 7.00. The molecule has 1 atom stereocenters. The fraction of sp³-hybridized carbons (Fsp3) is 0.235. The van der Waals surface area contributed by atoms with Crippen molar-refractivity contribution in [1.29, 1.82) is 0 Å². The summed E-state index contributed by atoms with van der Waals surface area (Å²) in [6.45, 7) is 4.15. The highest BCUT2D eigenvalue weighted by atomic mass is 16.1. The third kappa shape index (κ3) is 3.54. The topological polar surface area (TPSA) is 81.1 Å². The van der Waals surface area contributed by atoms with Crippen LogP contribution in [0.15, 0.2) is 48.5 Å². The van der Waals surface area contributed by atoms with Gasteiger partial charge in [0.15, 0.2) is 0 Å². The summed E-state index contributed by atoms with van der Waals surface area (Å²) >= 11 is 0. The third-order valence-electron chi connectivity index (χ3n) is 3.43. The molecule has 0 spiro atoms. The van der Waals surface area contributed by atoms with Gasteiger partial charge >= 0.3 is 0 Å². The zero-order chi connectivity index (χ0) is 15.4. The average molecular weight is 283 g/mol. The minimum absolute atomic E-state index is 0.0596.